The summed E-state index contributed by atoms with van der Waals surface area (Å²) < 4.78 is 55.9. The number of carbonyl (C=O) groups is 2. The van der Waals surface area contributed by atoms with Crippen LogP contribution in [0.1, 0.15) is 41.9 Å². The van der Waals surface area contributed by atoms with Gasteiger partial charge in [-0.05, 0) is 68.8 Å². The molecule has 0 bridgehead atoms. The van der Waals surface area contributed by atoms with Gasteiger partial charge in [0, 0.05) is 34.5 Å². The average Bonchev–Trinajstić information content (AvgIpc) is 3.16. The molecular weight excluding hydrogens is 499 g/mol. The normalized spacial score (nSPS) is 12.3. The molecule has 1 aromatic heterocycles. The summed E-state index contributed by atoms with van der Waals surface area (Å²) in [6, 6.07) is 17.3. The van der Waals surface area contributed by atoms with E-state index in [2.05, 4.69) is 4.74 Å². The molecule has 9 heteroatoms. The number of nitrogens with zero attached hydrogens (tertiary/aromatic N) is 1. The summed E-state index contributed by atoms with van der Waals surface area (Å²) in [4.78, 5) is 25.5. The van der Waals surface area contributed by atoms with E-state index >= 15 is 0 Å². The molecule has 0 fully saturated rings. The lowest BCUT2D eigenvalue weighted by molar-refractivity contribution is -0.274. The van der Waals surface area contributed by atoms with Gasteiger partial charge < -0.3 is 18.8 Å². The number of benzene rings is 3. The van der Waals surface area contributed by atoms with E-state index in [0.717, 1.165) is 0 Å². The molecule has 1 atom stereocenters. The molecule has 0 unspecified atom stereocenters. The highest BCUT2D eigenvalue weighted by Crippen LogP contribution is 2.35. The van der Waals surface area contributed by atoms with Crippen molar-refractivity contribution in [3.05, 3.63) is 83.6 Å². The first-order valence-corrected chi connectivity index (χ1v) is 11.9. The van der Waals surface area contributed by atoms with Gasteiger partial charge in [-0.15, -0.1) is 13.2 Å². The Morgan fingerprint density at radius 1 is 0.947 bits per heavy atom. The molecule has 0 spiro atoms. The van der Waals surface area contributed by atoms with Crippen LogP contribution in [0, 0.1) is 6.92 Å². The summed E-state index contributed by atoms with van der Waals surface area (Å²) in [5.74, 6) is 0.163. The number of fused-ring (bicyclic) bond motifs is 1. The highest BCUT2D eigenvalue weighted by molar-refractivity contribution is 6.18. The number of ether oxygens (including phenoxy) is 3. The van der Waals surface area contributed by atoms with Crippen molar-refractivity contribution in [1.29, 1.82) is 0 Å². The maximum absolute atomic E-state index is 13.6. The molecule has 0 aliphatic carbocycles. The van der Waals surface area contributed by atoms with Gasteiger partial charge in [0.25, 0.3) is 0 Å². The van der Waals surface area contributed by atoms with Crippen molar-refractivity contribution in [3.63, 3.8) is 0 Å². The number of hydrogen-bond acceptors (Lipinski definition) is 5. The molecule has 0 aliphatic rings. The number of alkyl halides is 3. The third-order valence-electron chi connectivity index (χ3n) is 6.17. The molecule has 0 amide bonds. The SMILES string of the molecule is CC[C@H](Oc1cccc(-n2c(C)c(C(=O)c3ccc(OC)cc3)c3ccc(OC(F)(F)F)cc32)c1)C(C)=O. The molecule has 4 rings (SSSR count). The minimum Gasteiger partial charge on any atom is -0.497 e. The Bertz CT molecular complexity index is 1490. The zero-order chi connectivity index (χ0) is 27.6. The molecule has 0 aliphatic heterocycles. The predicted octanol–water partition coefficient (Wildman–Crippen LogP) is 6.82. The number of hydrogen-bond donors (Lipinski definition) is 0. The van der Waals surface area contributed by atoms with Crippen LogP contribution in [0.25, 0.3) is 16.6 Å². The Labute approximate surface area is 217 Å². The second kappa shape index (κ2) is 10.6. The maximum atomic E-state index is 13.6. The number of aromatic nitrogens is 1. The second-order valence-corrected chi connectivity index (χ2v) is 8.70. The Morgan fingerprint density at radius 2 is 1.63 bits per heavy atom. The number of Topliss-reactive ketones (excluding diaryl/α,β-unsaturated/α-hetero) is 1. The summed E-state index contributed by atoms with van der Waals surface area (Å²) >= 11 is 0. The third kappa shape index (κ3) is 5.51. The van der Waals surface area contributed by atoms with Crippen molar-refractivity contribution < 1.29 is 37.0 Å². The standard InChI is InChI=1S/C29H26F3NO5/c1-5-26(18(3)34)37-22-8-6-7-20(15-22)33-17(2)27(28(35)19-9-11-21(36-4)12-10-19)24-14-13-23(16-25(24)33)38-29(30,31)32/h6-16,26H,5H2,1-4H3/t26-/m0/s1. The van der Waals surface area contributed by atoms with Crippen LogP contribution in [0.2, 0.25) is 0 Å². The van der Waals surface area contributed by atoms with Crippen molar-refractivity contribution in [2.45, 2.75) is 39.7 Å². The van der Waals surface area contributed by atoms with E-state index in [0.29, 0.717) is 51.3 Å². The van der Waals surface area contributed by atoms with Crippen molar-refractivity contribution >= 4 is 22.5 Å². The molecule has 1 heterocycles. The van der Waals surface area contributed by atoms with E-state index in [4.69, 9.17) is 9.47 Å². The van der Waals surface area contributed by atoms with E-state index in [9.17, 15) is 22.8 Å². The van der Waals surface area contributed by atoms with Crippen LogP contribution in [0.3, 0.4) is 0 Å². The van der Waals surface area contributed by atoms with Crippen molar-refractivity contribution in [1.82, 2.24) is 4.57 Å². The van der Waals surface area contributed by atoms with Crippen LogP contribution in [-0.2, 0) is 4.79 Å². The van der Waals surface area contributed by atoms with Crippen molar-refractivity contribution in [2.75, 3.05) is 7.11 Å². The molecule has 198 valence electrons. The first-order chi connectivity index (χ1) is 18.0. The van der Waals surface area contributed by atoms with Crippen molar-refractivity contribution in [2.24, 2.45) is 0 Å². The van der Waals surface area contributed by atoms with E-state index in [1.54, 1.807) is 60.0 Å². The zero-order valence-electron chi connectivity index (χ0n) is 21.3. The molecule has 3 aromatic carbocycles. The second-order valence-electron chi connectivity index (χ2n) is 8.70. The monoisotopic (exact) mass is 525 g/mol. The summed E-state index contributed by atoms with van der Waals surface area (Å²) in [5.41, 5.74) is 2.14. The number of ketones is 2. The molecular formula is C29H26F3NO5. The number of halogens is 3. The molecule has 6 nitrogen and oxygen atoms in total. The number of carbonyl (C=O) groups excluding carboxylic acids is 2. The first-order valence-electron chi connectivity index (χ1n) is 11.9. The Hall–Kier alpha value is -4.27. The van der Waals surface area contributed by atoms with Gasteiger partial charge in [-0.3, -0.25) is 9.59 Å². The van der Waals surface area contributed by atoms with Crippen LogP contribution in [-0.4, -0.2) is 35.7 Å². The summed E-state index contributed by atoms with van der Waals surface area (Å²) in [7, 11) is 1.52. The lowest BCUT2D eigenvalue weighted by Crippen LogP contribution is -2.23. The number of rotatable bonds is 9. The zero-order valence-corrected chi connectivity index (χ0v) is 21.3. The molecule has 38 heavy (non-hydrogen) atoms. The van der Waals surface area contributed by atoms with Crippen LogP contribution >= 0.6 is 0 Å². The summed E-state index contributed by atoms with van der Waals surface area (Å²) in [5, 5.41) is 0.458. The summed E-state index contributed by atoms with van der Waals surface area (Å²) in [6.07, 6.45) is -5.03. The fourth-order valence-electron chi connectivity index (χ4n) is 4.41. The van der Waals surface area contributed by atoms with Gasteiger partial charge in [0.2, 0.25) is 0 Å². The molecule has 0 saturated carbocycles. The van der Waals surface area contributed by atoms with Gasteiger partial charge in [0.1, 0.15) is 17.2 Å². The van der Waals surface area contributed by atoms with Crippen LogP contribution in [0.5, 0.6) is 17.2 Å². The molecule has 0 N–H and O–H groups in total. The topological polar surface area (TPSA) is 66.8 Å². The van der Waals surface area contributed by atoms with Gasteiger partial charge in [0.05, 0.1) is 18.2 Å². The van der Waals surface area contributed by atoms with Crippen LogP contribution in [0.4, 0.5) is 13.2 Å². The third-order valence-corrected chi connectivity index (χ3v) is 6.17. The first kappa shape index (κ1) is 26.8. The number of methoxy groups -OCH3 is 1. The smallest absolute Gasteiger partial charge is 0.497 e. The van der Waals surface area contributed by atoms with Crippen LogP contribution < -0.4 is 14.2 Å². The Morgan fingerprint density at radius 3 is 2.24 bits per heavy atom. The Balaban J connectivity index is 1.89. The highest BCUT2D eigenvalue weighted by Gasteiger charge is 2.32. The van der Waals surface area contributed by atoms with E-state index in [1.165, 1.54) is 32.2 Å². The Kier molecular flexibility index (Phi) is 7.48. The van der Waals surface area contributed by atoms with Gasteiger partial charge in [-0.2, -0.15) is 0 Å². The minimum atomic E-state index is -4.88. The predicted molar refractivity (Wildman–Crippen MR) is 137 cm³/mol. The van der Waals surface area contributed by atoms with Gasteiger partial charge in [0.15, 0.2) is 17.7 Å². The van der Waals surface area contributed by atoms with Crippen molar-refractivity contribution in [3.8, 4) is 22.9 Å². The van der Waals surface area contributed by atoms with Gasteiger partial charge in [-0.25, -0.2) is 0 Å². The average molecular weight is 526 g/mol. The summed E-state index contributed by atoms with van der Waals surface area (Å²) in [6.45, 7) is 5.00. The van der Waals surface area contributed by atoms with E-state index < -0.39 is 18.2 Å². The highest BCUT2D eigenvalue weighted by atomic mass is 19.4. The lowest BCUT2D eigenvalue weighted by Gasteiger charge is -2.16. The lowest BCUT2D eigenvalue weighted by atomic mass is 10.0. The van der Waals surface area contributed by atoms with E-state index in [-0.39, 0.29) is 11.6 Å². The van der Waals surface area contributed by atoms with Crippen LogP contribution in [0.15, 0.2) is 66.7 Å². The molecule has 4 aromatic rings. The fourth-order valence-corrected chi connectivity index (χ4v) is 4.41. The largest absolute Gasteiger partial charge is 0.573 e. The van der Waals surface area contributed by atoms with Gasteiger partial charge in [-0.1, -0.05) is 13.0 Å². The molecule has 0 radical (unpaired) electrons. The quantitative estimate of drug-likeness (QED) is 0.224. The maximum Gasteiger partial charge on any atom is 0.573 e. The fraction of sp³-hybridized carbons (Fsp3) is 0.241. The van der Waals surface area contributed by atoms with Gasteiger partial charge >= 0.3 is 6.36 Å². The molecule has 0 saturated heterocycles. The van der Waals surface area contributed by atoms with E-state index in [1.807, 2.05) is 6.92 Å². The minimum absolute atomic E-state index is 0.123.